The number of ether oxygens (including phenoxy) is 1. The van der Waals surface area contributed by atoms with Crippen LogP contribution in [0.4, 0.5) is 0 Å². The van der Waals surface area contributed by atoms with Crippen LogP contribution < -0.4 is 5.32 Å². The fraction of sp³-hybridized carbons (Fsp3) is 0.923. The molecular weight excluding hydrogens is 218 g/mol. The van der Waals surface area contributed by atoms with Gasteiger partial charge in [-0.15, -0.1) is 0 Å². The van der Waals surface area contributed by atoms with Crippen molar-refractivity contribution in [1.29, 1.82) is 0 Å². The second-order valence-electron chi connectivity index (χ2n) is 5.17. The fourth-order valence-corrected chi connectivity index (χ4v) is 1.51. The quantitative estimate of drug-likeness (QED) is 0.548. The Kier molecular flexibility index (Phi) is 9.09. The van der Waals surface area contributed by atoms with Crippen molar-refractivity contribution in [2.24, 2.45) is 5.41 Å². The lowest BCUT2D eigenvalue weighted by molar-refractivity contribution is -0.137. The lowest BCUT2D eigenvalue weighted by atomic mass is 9.84. The Morgan fingerprint density at radius 3 is 2.53 bits per heavy atom. The molecule has 0 fully saturated rings. The van der Waals surface area contributed by atoms with Crippen LogP contribution in [-0.2, 0) is 9.53 Å². The predicted molar refractivity (Wildman–Crippen MR) is 69.2 cm³/mol. The van der Waals surface area contributed by atoms with E-state index in [2.05, 4.69) is 26.1 Å². The van der Waals surface area contributed by atoms with E-state index in [9.17, 15) is 4.79 Å². The first kappa shape index (κ1) is 16.4. The first-order valence-corrected chi connectivity index (χ1v) is 6.48. The highest BCUT2D eigenvalue weighted by Crippen LogP contribution is 2.25. The van der Waals surface area contributed by atoms with E-state index in [1.807, 2.05) is 0 Å². The fourth-order valence-electron chi connectivity index (χ4n) is 1.51. The summed E-state index contributed by atoms with van der Waals surface area (Å²) in [7, 11) is 0. The Bertz CT molecular complexity index is 205. The van der Waals surface area contributed by atoms with Crippen molar-refractivity contribution in [2.75, 3.05) is 26.3 Å². The Hall–Kier alpha value is -0.610. The monoisotopic (exact) mass is 245 g/mol. The summed E-state index contributed by atoms with van der Waals surface area (Å²) in [5.41, 5.74) is 0.0929. The van der Waals surface area contributed by atoms with Crippen LogP contribution in [0.1, 0.15) is 46.5 Å². The van der Waals surface area contributed by atoms with Gasteiger partial charge in [0.2, 0.25) is 0 Å². The van der Waals surface area contributed by atoms with Gasteiger partial charge in [0.15, 0.2) is 0 Å². The molecule has 4 nitrogen and oxygen atoms in total. The highest BCUT2D eigenvalue weighted by Gasteiger charge is 2.18. The molecular formula is C13H27NO3. The Morgan fingerprint density at radius 1 is 1.24 bits per heavy atom. The minimum Gasteiger partial charge on any atom is -0.481 e. The summed E-state index contributed by atoms with van der Waals surface area (Å²) < 4.78 is 5.35. The van der Waals surface area contributed by atoms with Gasteiger partial charge in [0.1, 0.15) is 0 Å². The molecule has 0 amide bonds. The maximum Gasteiger partial charge on any atom is 0.303 e. The molecule has 0 saturated heterocycles. The topological polar surface area (TPSA) is 58.6 Å². The van der Waals surface area contributed by atoms with Crippen molar-refractivity contribution in [3.63, 3.8) is 0 Å². The van der Waals surface area contributed by atoms with Gasteiger partial charge in [-0.25, -0.2) is 0 Å². The molecule has 102 valence electrons. The first-order chi connectivity index (χ1) is 7.98. The molecule has 0 aliphatic rings. The molecule has 0 bridgehead atoms. The maximum atomic E-state index is 10.5. The third-order valence-electron chi connectivity index (χ3n) is 2.77. The van der Waals surface area contributed by atoms with Crippen LogP contribution in [0.15, 0.2) is 0 Å². The predicted octanol–water partition coefficient (Wildman–Crippen LogP) is 2.28. The first-order valence-electron chi connectivity index (χ1n) is 6.48. The highest BCUT2D eigenvalue weighted by molar-refractivity contribution is 5.66. The van der Waals surface area contributed by atoms with Crippen molar-refractivity contribution in [3.8, 4) is 0 Å². The smallest absolute Gasteiger partial charge is 0.303 e. The zero-order valence-electron chi connectivity index (χ0n) is 11.4. The van der Waals surface area contributed by atoms with Gasteiger partial charge < -0.3 is 15.2 Å². The van der Waals surface area contributed by atoms with Gasteiger partial charge in [-0.1, -0.05) is 20.8 Å². The minimum atomic E-state index is -0.709. The number of hydrogen-bond acceptors (Lipinski definition) is 3. The summed E-state index contributed by atoms with van der Waals surface area (Å²) in [4.78, 5) is 10.5. The van der Waals surface area contributed by atoms with Gasteiger partial charge in [-0.3, -0.25) is 4.79 Å². The van der Waals surface area contributed by atoms with Crippen molar-refractivity contribution in [3.05, 3.63) is 0 Å². The molecule has 0 aromatic rings. The molecule has 0 radical (unpaired) electrons. The summed E-state index contributed by atoms with van der Waals surface area (Å²) >= 11 is 0. The number of rotatable bonds is 11. The average molecular weight is 245 g/mol. The summed E-state index contributed by atoms with van der Waals surface area (Å²) in [5.74, 6) is -0.709. The number of hydrogen-bond donors (Lipinski definition) is 2. The number of aliphatic carboxylic acids is 1. The third-order valence-corrected chi connectivity index (χ3v) is 2.77. The maximum absolute atomic E-state index is 10.5. The lowest BCUT2D eigenvalue weighted by Gasteiger charge is -2.23. The van der Waals surface area contributed by atoms with E-state index in [1.165, 1.54) is 0 Å². The van der Waals surface area contributed by atoms with Crippen molar-refractivity contribution >= 4 is 5.97 Å². The van der Waals surface area contributed by atoms with E-state index in [0.29, 0.717) is 0 Å². The molecule has 0 aliphatic carbocycles. The van der Waals surface area contributed by atoms with Crippen LogP contribution >= 0.6 is 0 Å². The van der Waals surface area contributed by atoms with Crippen LogP contribution in [0.2, 0.25) is 0 Å². The summed E-state index contributed by atoms with van der Waals surface area (Å²) in [6.07, 6.45) is 3.04. The molecule has 0 aromatic carbocycles. The molecule has 17 heavy (non-hydrogen) atoms. The van der Waals surface area contributed by atoms with Gasteiger partial charge in [0, 0.05) is 19.6 Å². The van der Waals surface area contributed by atoms with Crippen LogP contribution in [0.5, 0.6) is 0 Å². The van der Waals surface area contributed by atoms with Crippen LogP contribution in [0, 0.1) is 5.41 Å². The Morgan fingerprint density at radius 2 is 1.94 bits per heavy atom. The number of carbonyl (C=O) groups is 1. The second kappa shape index (κ2) is 9.42. The minimum absolute atomic E-state index is 0.0929. The van der Waals surface area contributed by atoms with Crippen molar-refractivity contribution < 1.29 is 14.6 Å². The number of carboxylic acids is 1. The normalized spacial score (nSPS) is 11.7. The third kappa shape index (κ3) is 11.6. The van der Waals surface area contributed by atoms with Crippen LogP contribution in [0.3, 0.4) is 0 Å². The molecule has 0 aliphatic heterocycles. The average Bonchev–Trinajstić information content (AvgIpc) is 2.25. The molecule has 0 atom stereocenters. The van der Waals surface area contributed by atoms with Crippen LogP contribution in [-0.4, -0.2) is 37.4 Å². The zero-order valence-corrected chi connectivity index (χ0v) is 11.4. The van der Waals surface area contributed by atoms with Crippen LogP contribution in [0.25, 0.3) is 0 Å². The van der Waals surface area contributed by atoms with E-state index >= 15 is 0 Å². The van der Waals surface area contributed by atoms with Gasteiger partial charge in [0.25, 0.3) is 0 Å². The highest BCUT2D eigenvalue weighted by atomic mass is 16.5. The molecule has 0 aromatic heterocycles. The number of carboxylic acid groups (broad SMARTS) is 1. The Labute approximate surface area is 105 Å². The van der Waals surface area contributed by atoms with Gasteiger partial charge in [-0.05, 0) is 31.2 Å². The summed E-state index contributed by atoms with van der Waals surface area (Å²) in [6.45, 7) is 9.70. The molecule has 0 spiro atoms. The standard InChI is InChI=1S/C13H27NO3/c1-4-10-17-11-9-14-8-7-13(2,3)6-5-12(15)16/h14H,4-11H2,1-3H3,(H,15,16). The number of nitrogens with one attached hydrogen (secondary N) is 1. The van der Waals surface area contributed by atoms with E-state index < -0.39 is 5.97 Å². The van der Waals surface area contributed by atoms with Gasteiger partial charge in [-0.2, -0.15) is 0 Å². The van der Waals surface area contributed by atoms with E-state index in [-0.39, 0.29) is 11.8 Å². The molecule has 0 rings (SSSR count). The largest absolute Gasteiger partial charge is 0.481 e. The van der Waals surface area contributed by atoms with Gasteiger partial charge >= 0.3 is 5.97 Å². The van der Waals surface area contributed by atoms with Gasteiger partial charge in [0.05, 0.1) is 6.61 Å². The summed E-state index contributed by atoms with van der Waals surface area (Å²) in [6, 6.07) is 0. The molecule has 0 unspecified atom stereocenters. The van der Waals surface area contributed by atoms with E-state index in [1.54, 1.807) is 0 Å². The SMILES string of the molecule is CCCOCCNCCC(C)(C)CCC(=O)O. The molecule has 0 saturated carbocycles. The van der Waals surface area contributed by atoms with Crippen molar-refractivity contribution in [2.45, 2.75) is 46.5 Å². The molecule has 2 N–H and O–H groups in total. The van der Waals surface area contributed by atoms with E-state index in [4.69, 9.17) is 9.84 Å². The second-order valence-corrected chi connectivity index (χ2v) is 5.17. The van der Waals surface area contributed by atoms with Crippen molar-refractivity contribution in [1.82, 2.24) is 5.32 Å². The zero-order chi connectivity index (χ0) is 13.1. The van der Waals surface area contributed by atoms with E-state index in [0.717, 1.165) is 45.6 Å². The lowest BCUT2D eigenvalue weighted by Crippen LogP contribution is -2.26. The summed E-state index contributed by atoms with van der Waals surface area (Å²) in [5, 5.41) is 12.0. The Balaban J connectivity index is 3.42. The molecule has 0 heterocycles. The molecule has 4 heteroatoms.